The van der Waals surface area contributed by atoms with Gasteiger partial charge in [-0.3, -0.25) is 4.79 Å². The number of hydrogen-bond acceptors (Lipinski definition) is 5. The van der Waals surface area contributed by atoms with Gasteiger partial charge in [0.1, 0.15) is 19.0 Å². The molecule has 0 bridgehead atoms. The van der Waals surface area contributed by atoms with E-state index in [1.807, 2.05) is 54.8 Å². The van der Waals surface area contributed by atoms with Gasteiger partial charge in [-0.05, 0) is 31.5 Å². The number of benzene rings is 2. The standard InChI is InChI=1S/C20H20N2O4S/c1-3-22-15-10-16-17(25-8-7-24-16)11-18(15)27-20(22)21-19(23)12-26-14-6-4-5-13(2)9-14/h4-6,9-11H,3,7-8,12H2,1-2H3. The molecule has 0 atom stereocenters. The molecule has 4 rings (SSSR count). The van der Waals surface area contributed by atoms with Gasteiger partial charge in [-0.2, -0.15) is 4.99 Å². The molecule has 1 aliphatic heterocycles. The van der Waals surface area contributed by atoms with Crippen LogP contribution < -0.4 is 19.0 Å². The van der Waals surface area contributed by atoms with Gasteiger partial charge in [-0.15, -0.1) is 0 Å². The van der Waals surface area contributed by atoms with Crippen molar-refractivity contribution in [3.8, 4) is 17.2 Å². The van der Waals surface area contributed by atoms with E-state index in [4.69, 9.17) is 14.2 Å². The monoisotopic (exact) mass is 384 g/mol. The third-order valence-corrected chi connectivity index (χ3v) is 5.28. The summed E-state index contributed by atoms with van der Waals surface area (Å²) in [6.45, 7) is 5.70. The maximum Gasteiger partial charge on any atom is 0.286 e. The highest BCUT2D eigenvalue weighted by Crippen LogP contribution is 2.35. The highest BCUT2D eigenvalue weighted by atomic mass is 32.1. The van der Waals surface area contributed by atoms with Gasteiger partial charge in [0, 0.05) is 18.7 Å². The molecule has 0 spiro atoms. The van der Waals surface area contributed by atoms with E-state index in [1.165, 1.54) is 11.3 Å². The Hall–Kier alpha value is -2.80. The maximum atomic E-state index is 12.3. The second kappa shape index (κ2) is 7.44. The van der Waals surface area contributed by atoms with Crippen molar-refractivity contribution in [1.82, 2.24) is 4.57 Å². The molecule has 27 heavy (non-hydrogen) atoms. The number of fused-ring (bicyclic) bond motifs is 2. The fourth-order valence-electron chi connectivity index (χ4n) is 2.99. The lowest BCUT2D eigenvalue weighted by atomic mass is 10.2. The third-order valence-electron chi connectivity index (χ3n) is 4.24. The van der Waals surface area contributed by atoms with Gasteiger partial charge in [0.25, 0.3) is 5.91 Å². The third kappa shape index (κ3) is 3.68. The average Bonchev–Trinajstić information content (AvgIpc) is 3.00. The lowest BCUT2D eigenvalue weighted by Gasteiger charge is -2.18. The fourth-order valence-corrected chi connectivity index (χ4v) is 4.11. The Bertz CT molecular complexity index is 1070. The Labute approximate surface area is 160 Å². The average molecular weight is 384 g/mol. The largest absolute Gasteiger partial charge is 0.486 e. The summed E-state index contributed by atoms with van der Waals surface area (Å²) in [6.07, 6.45) is 0. The van der Waals surface area contributed by atoms with E-state index >= 15 is 0 Å². The van der Waals surface area contributed by atoms with Crippen LogP contribution in [0.4, 0.5) is 0 Å². The van der Waals surface area contributed by atoms with Crippen LogP contribution in [0.2, 0.25) is 0 Å². The lowest BCUT2D eigenvalue weighted by Crippen LogP contribution is -2.19. The van der Waals surface area contributed by atoms with Crippen LogP contribution in [-0.2, 0) is 11.3 Å². The minimum absolute atomic E-state index is 0.0931. The molecule has 0 saturated carbocycles. The molecule has 0 radical (unpaired) electrons. The van der Waals surface area contributed by atoms with Crippen molar-refractivity contribution in [1.29, 1.82) is 0 Å². The van der Waals surface area contributed by atoms with Crippen LogP contribution in [0.15, 0.2) is 41.4 Å². The van der Waals surface area contributed by atoms with Gasteiger partial charge in [0.2, 0.25) is 0 Å². The molecular formula is C20H20N2O4S. The summed E-state index contributed by atoms with van der Waals surface area (Å²) in [5.41, 5.74) is 2.07. The fraction of sp³-hybridized carbons (Fsp3) is 0.300. The number of amides is 1. The molecule has 0 saturated heterocycles. The van der Waals surface area contributed by atoms with Gasteiger partial charge >= 0.3 is 0 Å². The summed E-state index contributed by atoms with van der Waals surface area (Å²) in [5, 5.41) is 0. The Kier molecular flexibility index (Phi) is 4.85. The van der Waals surface area contributed by atoms with E-state index in [1.54, 1.807) is 0 Å². The number of carbonyl (C=O) groups is 1. The van der Waals surface area contributed by atoms with Crippen molar-refractivity contribution in [3.05, 3.63) is 46.8 Å². The van der Waals surface area contributed by atoms with Crippen molar-refractivity contribution < 1.29 is 19.0 Å². The first-order chi connectivity index (χ1) is 13.1. The van der Waals surface area contributed by atoms with E-state index in [2.05, 4.69) is 4.99 Å². The molecule has 0 aliphatic carbocycles. The molecule has 1 aliphatic rings. The number of ether oxygens (including phenoxy) is 3. The summed E-state index contributed by atoms with van der Waals surface area (Å²) in [7, 11) is 0. The first-order valence-corrected chi connectivity index (χ1v) is 9.65. The smallest absolute Gasteiger partial charge is 0.286 e. The minimum Gasteiger partial charge on any atom is -0.486 e. The van der Waals surface area contributed by atoms with Gasteiger partial charge in [0.15, 0.2) is 22.9 Å². The Morgan fingerprint density at radius 2 is 2.00 bits per heavy atom. The molecule has 1 aromatic heterocycles. The molecule has 2 aromatic carbocycles. The van der Waals surface area contributed by atoms with Crippen LogP contribution in [0.1, 0.15) is 12.5 Å². The summed E-state index contributed by atoms with van der Waals surface area (Å²) in [4.78, 5) is 17.2. The number of rotatable bonds is 4. The van der Waals surface area contributed by atoms with Crippen molar-refractivity contribution >= 4 is 27.5 Å². The number of aromatic nitrogens is 1. The first kappa shape index (κ1) is 17.6. The van der Waals surface area contributed by atoms with Crippen LogP contribution in [-0.4, -0.2) is 30.3 Å². The molecule has 7 heteroatoms. The Balaban J connectivity index is 1.62. The van der Waals surface area contributed by atoms with Gasteiger partial charge in [-0.25, -0.2) is 0 Å². The predicted octanol–water partition coefficient (Wildman–Crippen LogP) is 3.31. The zero-order valence-electron chi connectivity index (χ0n) is 15.2. The van der Waals surface area contributed by atoms with Crippen LogP contribution in [0.5, 0.6) is 17.2 Å². The lowest BCUT2D eigenvalue weighted by molar-refractivity contribution is -0.120. The van der Waals surface area contributed by atoms with Crippen LogP contribution in [0.25, 0.3) is 10.2 Å². The zero-order valence-corrected chi connectivity index (χ0v) is 16.0. The molecule has 140 valence electrons. The van der Waals surface area contributed by atoms with E-state index in [-0.39, 0.29) is 12.5 Å². The highest BCUT2D eigenvalue weighted by Gasteiger charge is 2.16. The summed E-state index contributed by atoms with van der Waals surface area (Å²) in [6, 6.07) is 11.5. The highest BCUT2D eigenvalue weighted by molar-refractivity contribution is 7.16. The summed E-state index contributed by atoms with van der Waals surface area (Å²) in [5.74, 6) is 1.82. The molecule has 0 fully saturated rings. The topological polar surface area (TPSA) is 62.1 Å². The van der Waals surface area contributed by atoms with Crippen molar-refractivity contribution in [3.63, 3.8) is 0 Å². The summed E-state index contributed by atoms with van der Waals surface area (Å²) >= 11 is 1.46. The molecule has 1 amide bonds. The maximum absolute atomic E-state index is 12.3. The van der Waals surface area contributed by atoms with E-state index in [0.717, 1.165) is 27.3 Å². The van der Waals surface area contributed by atoms with Crippen molar-refractivity contribution in [2.75, 3.05) is 19.8 Å². The normalized spacial score (nSPS) is 13.8. The molecule has 3 aromatic rings. The quantitative estimate of drug-likeness (QED) is 0.692. The zero-order chi connectivity index (χ0) is 18.8. The molecule has 0 N–H and O–H groups in total. The van der Waals surface area contributed by atoms with Crippen LogP contribution in [0.3, 0.4) is 0 Å². The number of thiazole rings is 1. The van der Waals surface area contributed by atoms with Crippen LogP contribution in [0, 0.1) is 6.92 Å². The second-order valence-electron chi connectivity index (χ2n) is 6.20. The Morgan fingerprint density at radius 3 is 2.74 bits per heavy atom. The van der Waals surface area contributed by atoms with Gasteiger partial charge in [0.05, 0.1) is 10.2 Å². The number of hydrogen-bond donors (Lipinski definition) is 0. The first-order valence-electron chi connectivity index (χ1n) is 8.84. The number of aryl methyl sites for hydroxylation is 2. The SMILES string of the molecule is CCn1c(=NC(=O)COc2cccc(C)c2)sc2cc3c(cc21)OCCO3. The van der Waals surface area contributed by atoms with Crippen molar-refractivity contribution in [2.45, 2.75) is 20.4 Å². The van der Waals surface area contributed by atoms with Crippen molar-refractivity contribution in [2.24, 2.45) is 4.99 Å². The number of nitrogens with zero attached hydrogens (tertiary/aromatic N) is 2. The van der Waals surface area contributed by atoms with Gasteiger partial charge in [-0.1, -0.05) is 23.5 Å². The van der Waals surface area contributed by atoms with E-state index < -0.39 is 0 Å². The summed E-state index contributed by atoms with van der Waals surface area (Å²) < 4.78 is 19.9. The molecular weight excluding hydrogens is 364 g/mol. The Morgan fingerprint density at radius 1 is 1.22 bits per heavy atom. The van der Waals surface area contributed by atoms with E-state index in [9.17, 15) is 4.79 Å². The second-order valence-corrected chi connectivity index (χ2v) is 7.21. The van der Waals surface area contributed by atoms with Crippen LogP contribution >= 0.6 is 11.3 Å². The van der Waals surface area contributed by atoms with Gasteiger partial charge < -0.3 is 18.8 Å². The minimum atomic E-state index is -0.317. The number of carbonyl (C=O) groups excluding carboxylic acids is 1. The predicted molar refractivity (Wildman–Crippen MR) is 104 cm³/mol. The molecule has 0 unspecified atom stereocenters. The molecule has 2 heterocycles. The molecule has 6 nitrogen and oxygen atoms in total. The van der Waals surface area contributed by atoms with E-state index in [0.29, 0.717) is 30.3 Å².